The third-order valence-electron chi connectivity index (χ3n) is 2.92. The van der Waals surface area contributed by atoms with Crippen LogP contribution in [0.15, 0.2) is 50.7 Å². The number of carbonyl (C=O) groups excluding carboxylic acids is 1. The van der Waals surface area contributed by atoms with E-state index in [0.29, 0.717) is 25.5 Å². The predicted molar refractivity (Wildman–Crippen MR) is 85.4 cm³/mol. The second-order valence-corrected chi connectivity index (χ2v) is 6.64. The molecule has 100 valence electrons. The van der Waals surface area contributed by atoms with Gasteiger partial charge in [0.15, 0.2) is 0 Å². The Morgan fingerprint density at radius 1 is 1.25 bits per heavy atom. The molecular formula is C15H8BrClO2S. The number of allylic oxidation sites excluding steroid dienone is 1. The van der Waals surface area contributed by atoms with Crippen molar-refractivity contribution in [2.24, 2.45) is 0 Å². The molecule has 1 aliphatic rings. The van der Waals surface area contributed by atoms with Crippen molar-refractivity contribution in [2.45, 2.75) is 4.90 Å². The molecular weight excluding hydrogens is 360 g/mol. The molecule has 0 atom stereocenters. The zero-order chi connectivity index (χ0) is 14.3. The highest BCUT2D eigenvalue weighted by Gasteiger charge is 2.25. The maximum atomic E-state index is 12.3. The van der Waals surface area contributed by atoms with E-state index in [9.17, 15) is 9.90 Å². The van der Waals surface area contributed by atoms with Crippen LogP contribution in [0, 0.1) is 0 Å². The molecule has 1 aliphatic heterocycles. The van der Waals surface area contributed by atoms with Crippen molar-refractivity contribution >= 4 is 51.2 Å². The van der Waals surface area contributed by atoms with Crippen LogP contribution < -0.4 is 0 Å². The summed E-state index contributed by atoms with van der Waals surface area (Å²) in [5.74, 6) is 0.0485. The van der Waals surface area contributed by atoms with Crippen molar-refractivity contribution in [3.63, 3.8) is 0 Å². The summed E-state index contributed by atoms with van der Waals surface area (Å²) < 4.78 is 0.504. The minimum Gasteiger partial charge on any atom is -0.506 e. The number of hydrogen-bond acceptors (Lipinski definition) is 3. The summed E-state index contributed by atoms with van der Waals surface area (Å²) in [4.78, 5) is 13.8. The maximum Gasteiger partial charge on any atom is 0.200 e. The number of rotatable bonds is 1. The Morgan fingerprint density at radius 3 is 2.75 bits per heavy atom. The van der Waals surface area contributed by atoms with Crippen LogP contribution in [-0.4, -0.2) is 10.9 Å². The van der Waals surface area contributed by atoms with Gasteiger partial charge in [-0.05, 0) is 46.3 Å². The second-order valence-electron chi connectivity index (χ2n) is 4.26. The first-order chi connectivity index (χ1) is 9.56. The van der Waals surface area contributed by atoms with Gasteiger partial charge in [-0.25, -0.2) is 0 Å². The zero-order valence-electron chi connectivity index (χ0n) is 10.1. The largest absolute Gasteiger partial charge is 0.506 e. The lowest BCUT2D eigenvalue weighted by Crippen LogP contribution is -1.93. The quantitative estimate of drug-likeness (QED) is 0.709. The minimum absolute atomic E-state index is 0.0268. The van der Waals surface area contributed by atoms with E-state index in [1.165, 1.54) is 11.8 Å². The number of phenolic OH excluding ortho intramolecular Hbond substituents is 1. The summed E-state index contributed by atoms with van der Waals surface area (Å²) in [5.41, 5.74) is 1.22. The van der Waals surface area contributed by atoms with E-state index >= 15 is 0 Å². The number of phenols is 1. The van der Waals surface area contributed by atoms with Gasteiger partial charge < -0.3 is 5.11 Å². The number of carbonyl (C=O) groups is 1. The number of benzene rings is 2. The fraction of sp³-hybridized carbons (Fsp3) is 0. The van der Waals surface area contributed by atoms with Gasteiger partial charge in [0.2, 0.25) is 5.78 Å². The average Bonchev–Trinajstić information content (AvgIpc) is 2.73. The Hall–Kier alpha value is -1.23. The van der Waals surface area contributed by atoms with Gasteiger partial charge in [-0.1, -0.05) is 35.5 Å². The van der Waals surface area contributed by atoms with E-state index in [1.807, 2.05) is 18.2 Å². The number of Topliss-reactive ketones (excluding diaryl/α,β-unsaturated/α-hetero) is 1. The summed E-state index contributed by atoms with van der Waals surface area (Å²) in [6, 6.07) is 10.7. The van der Waals surface area contributed by atoms with Crippen molar-refractivity contribution in [2.75, 3.05) is 0 Å². The highest BCUT2D eigenvalue weighted by atomic mass is 79.9. The van der Waals surface area contributed by atoms with Gasteiger partial charge in [0.25, 0.3) is 0 Å². The van der Waals surface area contributed by atoms with E-state index in [0.717, 1.165) is 4.90 Å². The van der Waals surface area contributed by atoms with E-state index in [-0.39, 0.29) is 11.5 Å². The fourth-order valence-electron chi connectivity index (χ4n) is 1.97. The van der Waals surface area contributed by atoms with Crippen LogP contribution in [0.25, 0.3) is 6.08 Å². The van der Waals surface area contributed by atoms with Crippen LogP contribution in [0.1, 0.15) is 15.9 Å². The Morgan fingerprint density at radius 2 is 2.00 bits per heavy atom. The number of fused-ring (bicyclic) bond motifs is 1. The van der Waals surface area contributed by atoms with Gasteiger partial charge in [-0.3, -0.25) is 4.79 Å². The highest BCUT2D eigenvalue weighted by molar-refractivity contribution is 9.10. The average molecular weight is 368 g/mol. The lowest BCUT2D eigenvalue weighted by atomic mass is 10.1. The van der Waals surface area contributed by atoms with Gasteiger partial charge in [0.05, 0.1) is 9.38 Å². The van der Waals surface area contributed by atoms with Crippen molar-refractivity contribution in [3.8, 4) is 5.75 Å². The zero-order valence-corrected chi connectivity index (χ0v) is 13.2. The first-order valence-electron chi connectivity index (χ1n) is 5.77. The molecule has 3 rings (SSSR count). The monoisotopic (exact) mass is 366 g/mol. The summed E-state index contributed by atoms with van der Waals surface area (Å²) in [7, 11) is 0. The molecule has 0 amide bonds. The standard InChI is InChI=1S/C15H8BrClO2S/c16-11-7-9(17)5-8(14(11)18)6-13-15(19)10-3-1-2-4-12(10)20-13/h1-7,18H/b13-6+. The van der Waals surface area contributed by atoms with Crippen LogP contribution in [0.3, 0.4) is 0 Å². The Labute approximate surface area is 133 Å². The van der Waals surface area contributed by atoms with Gasteiger partial charge in [0.1, 0.15) is 5.75 Å². The molecule has 0 unspecified atom stereocenters. The molecule has 0 radical (unpaired) electrons. The molecule has 0 bridgehead atoms. The highest BCUT2D eigenvalue weighted by Crippen LogP contribution is 2.42. The molecule has 0 saturated carbocycles. The van der Waals surface area contributed by atoms with Crippen LogP contribution in [0.2, 0.25) is 5.02 Å². The molecule has 0 aromatic heterocycles. The van der Waals surface area contributed by atoms with E-state index in [4.69, 9.17) is 11.6 Å². The van der Waals surface area contributed by atoms with Crippen molar-refractivity contribution in [3.05, 3.63) is 61.9 Å². The molecule has 1 N–H and O–H groups in total. The molecule has 2 nitrogen and oxygen atoms in total. The third kappa shape index (κ3) is 2.39. The van der Waals surface area contributed by atoms with Gasteiger partial charge in [-0.15, -0.1) is 0 Å². The lowest BCUT2D eigenvalue weighted by Gasteiger charge is -2.04. The van der Waals surface area contributed by atoms with Gasteiger partial charge in [-0.2, -0.15) is 0 Å². The van der Waals surface area contributed by atoms with Crippen LogP contribution in [-0.2, 0) is 0 Å². The number of aromatic hydroxyl groups is 1. The normalized spacial score (nSPS) is 15.7. The fourth-order valence-corrected chi connectivity index (χ4v) is 3.85. The summed E-state index contributed by atoms with van der Waals surface area (Å²) in [6.45, 7) is 0. The predicted octanol–water partition coefficient (Wildman–Crippen LogP) is 5.14. The molecule has 2 aromatic carbocycles. The Bertz CT molecular complexity index is 756. The first kappa shape index (κ1) is 13.7. The van der Waals surface area contributed by atoms with E-state index in [1.54, 1.807) is 24.3 Å². The van der Waals surface area contributed by atoms with Crippen molar-refractivity contribution in [1.29, 1.82) is 0 Å². The SMILES string of the molecule is O=C1/C(=C\c2cc(Cl)cc(Br)c2O)Sc2ccccc21. The van der Waals surface area contributed by atoms with Crippen molar-refractivity contribution in [1.82, 2.24) is 0 Å². The Balaban J connectivity index is 2.06. The number of halogens is 2. The minimum atomic E-state index is -0.0268. The summed E-state index contributed by atoms with van der Waals surface area (Å²) in [5, 5.41) is 10.5. The molecule has 5 heteroatoms. The molecule has 2 aromatic rings. The molecule has 0 aliphatic carbocycles. The molecule has 1 heterocycles. The lowest BCUT2D eigenvalue weighted by molar-refractivity contribution is 0.104. The molecule has 0 saturated heterocycles. The van der Waals surface area contributed by atoms with Crippen molar-refractivity contribution < 1.29 is 9.90 Å². The summed E-state index contributed by atoms with van der Waals surface area (Å²) >= 11 is 10.6. The second kappa shape index (κ2) is 5.28. The van der Waals surface area contributed by atoms with Crippen LogP contribution in [0.5, 0.6) is 5.75 Å². The third-order valence-corrected chi connectivity index (χ3v) is 4.84. The van der Waals surface area contributed by atoms with Crippen LogP contribution >= 0.6 is 39.3 Å². The maximum absolute atomic E-state index is 12.3. The van der Waals surface area contributed by atoms with E-state index < -0.39 is 0 Å². The molecule has 0 fully saturated rings. The summed E-state index contributed by atoms with van der Waals surface area (Å²) in [6.07, 6.45) is 1.67. The number of hydrogen-bond donors (Lipinski definition) is 1. The first-order valence-corrected chi connectivity index (χ1v) is 7.76. The molecule has 20 heavy (non-hydrogen) atoms. The smallest absolute Gasteiger partial charge is 0.200 e. The van der Waals surface area contributed by atoms with Gasteiger partial charge >= 0.3 is 0 Å². The Kier molecular flexibility index (Phi) is 3.63. The number of ketones is 1. The molecule has 0 spiro atoms. The van der Waals surface area contributed by atoms with E-state index in [2.05, 4.69) is 15.9 Å². The number of thioether (sulfide) groups is 1. The van der Waals surface area contributed by atoms with Gasteiger partial charge in [0, 0.05) is 21.0 Å². The van der Waals surface area contributed by atoms with Crippen LogP contribution in [0.4, 0.5) is 0 Å². The topological polar surface area (TPSA) is 37.3 Å².